The molecular formula is C17H16ClN3O3. The summed E-state index contributed by atoms with van der Waals surface area (Å²) >= 11 is 5.80. The maximum atomic E-state index is 11.9. The van der Waals surface area contributed by atoms with E-state index in [1.807, 2.05) is 24.3 Å². The average molecular weight is 346 g/mol. The number of anilines is 2. The first-order valence-electron chi connectivity index (χ1n) is 7.44. The largest absolute Gasteiger partial charge is 0.447 e. The summed E-state index contributed by atoms with van der Waals surface area (Å²) in [6.07, 6.45) is 0.306. The summed E-state index contributed by atoms with van der Waals surface area (Å²) < 4.78 is 4.85. The quantitative estimate of drug-likeness (QED) is 0.791. The molecule has 1 heterocycles. The Bertz CT molecular complexity index is 732. The lowest BCUT2D eigenvalue weighted by molar-refractivity contribution is 0.177. The molecule has 6 nitrogen and oxygen atoms in total. The summed E-state index contributed by atoms with van der Waals surface area (Å²) in [6.45, 7) is 0.377. The Balaban J connectivity index is 1.52. The Morgan fingerprint density at radius 3 is 2.21 bits per heavy atom. The molecule has 124 valence electrons. The number of benzene rings is 2. The second-order valence-corrected chi connectivity index (χ2v) is 5.86. The number of alkyl carbamates (subject to hydrolysis) is 1. The first kappa shape index (κ1) is 16.1. The van der Waals surface area contributed by atoms with E-state index in [2.05, 4.69) is 16.0 Å². The molecule has 24 heavy (non-hydrogen) atoms. The number of rotatable bonds is 4. The zero-order valence-electron chi connectivity index (χ0n) is 12.7. The summed E-state index contributed by atoms with van der Waals surface area (Å²) in [7, 11) is 0. The minimum absolute atomic E-state index is 0.00971. The zero-order valence-corrected chi connectivity index (χ0v) is 13.5. The number of ether oxygens (including phenoxy) is 1. The van der Waals surface area contributed by atoms with Gasteiger partial charge in [-0.05, 0) is 48.4 Å². The number of hydrogen-bond donors (Lipinski definition) is 3. The van der Waals surface area contributed by atoms with Crippen molar-refractivity contribution in [1.29, 1.82) is 0 Å². The van der Waals surface area contributed by atoms with Crippen LogP contribution < -0.4 is 16.0 Å². The third kappa shape index (κ3) is 4.39. The first-order valence-corrected chi connectivity index (χ1v) is 7.82. The number of carbonyl (C=O) groups excluding carboxylic acids is 2. The monoisotopic (exact) mass is 345 g/mol. The van der Waals surface area contributed by atoms with Crippen molar-refractivity contribution in [2.75, 3.05) is 17.2 Å². The Hall–Kier alpha value is -2.73. The molecule has 3 rings (SSSR count). The maximum Gasteiger partial charge on any atom is 0.407 e. The normalized spacial score (nSPS) is 16.2. The minimum Gasteiger partial charge on any atom is -0.447 e. The molecular weight excluding hydrogens is 330 g/mol. The molecule has 1 fully saturated rings. The highest BCUT2D eigenvalue weighted by molar-refractivity contribution is 6.30. The second kappa shape index (κ2) is 7.23. The zero-order chi connectivity index (χ0) is 16.9. The molecule has 7 heteroatoms. The van der Waals surface area contributed by atoms with E-state index in [9.17, 15) is 9.59 Å². The van der Waals surface area contributed by atoms with E-state index in [-0.39, 0.29) is 18.2 Å². The molecule has 0 bridgehead atoms. The number of cyclic esters (lactones) is 1. The molecule has 0 aliphatic carbocycles. The van der Waals surface area contributed by atoms with E-state index in [4.69, 9.17) is 16.3 Å². The molecule has 1 aliphatic heterocycles. The first-order chi connectivity index (χ1) is 11.6. The number of hydrogen-bond acceptors (Lipinski definition) is 3. The fraction of sp³-hybridized carbons (Fsp3) is 0.176. The van der Waals surface area contributed by atoms with Crippen LogP contribution in [-0.2, 0) is 11.2 Å². The summed E-state index contributed by atoms with van der Waals surface area (Å²) in [6, 6.07) is 14.0. The van der Waals surface area contributed by atoms with Gasteiger partial charge in [0.05, 0.1) is 6.04 Å². The lowest BCUT2D eigenvalue weighted by atomic mass is 10.1. The molecule has 3 amide bonds. The van der Waals surface area contributed by atoms with Crippen molar-refractivity contribution in [2.24, 2.45) is 0 Å². The topological polar surface area (TPSA) is 79.5 Å². The number of carbonyl (C=O) groups is 2. The molecule has 0 radical (unpaired) electrons. The van der Waals surface area contributed by atoms with Crippen LogP contribution in [-0.4, -0.2) is 24.8 Å². The molecule has 1 atom stereocenters. The molecule has 1 saturated heterocycles. The Morgan fingerprint density at radius 2 is 1.67 bits per heavy atom. The van der Waals surface area contributed by atoms with Gasteiger partial charge in [0, 0.05) is 16.4 Å². The van der Waals surface area contributed by atoms with Crippen LogP contribution >= 0.6 is 11.6 Å². The van der Waals surface area contributed by atoms with Gasteiger partial charge in [-0.25, -0.2) is 9.59 Å². The third-order valence-corrected chi connectivity index (χ3v) is 3.79. The minimum atomic E-state index is -0.378. The van der Waals surface area contributed by atoms with Gasteiger partial charge in [0.1, 0.15) is 6.61 Å². The van der Waals surface area contributed by atoms with Crippen molar-refractivity contribution < 1.29 is 14.3 Å². The Morgan fingerprint density at radius 1 is 1.08 bits per heavy atom. The van der Waals surface area contributed by atoms with Crippen molar-refractivity contribution in [2.45, 2.75) is 12.5 Å². The Labute approximate surface area is 144 Å². The van der Waals surface area contributed by atoms with E-state index in [1.165, 1.54) is 0 Å². The van der Waals surface area contributed by atoms with Gasteiger partial charge >= 0.3 is 12.1 Å². The van der Waals surface area contributed by atoms with Gasteiger partial charge in [-0.1, -0.05) is 23.7 Å². The molecule has 2 aromatic carbocycles. The summed E-state index contributed by atoms with van der Waals surface area (Å²) in [4.78, 5) is 22.9. The molecule has 0 saturated carbocycles. The molecule has 3 N–H and O–H groups in total. The highest BCUT2D eigenvalue weighted by Crippen LogP contribution is 2.15. The highest BCUT2D eigenvalue weighted by Gasteiger charge is 2.21. The van der Waals surface area contributed by atoms with Gasteiger partial charge in [-0.15, -0.1) is 0 Å². The smallest absolute Gasteiger partial charge is 0.407 e. The number of urea groups is 1. The van der Waals surface area contributed by atoms with E-state index in [0.717, 1.165) is 5.56 Å². The van der Waals surface area contributed by atoms with Gasteiger partial charge in [0.15, 0.2) is 0 Å². The van der Waals surface area contributed by atoms with Crippen molar-refractivity contribution in [3.8, 4) is 0 Å². The van der Waals surface area contributed by atoms with Crippen molar-refractivity contribution in [1.82, 2.24) is 5.32 Å². The van der Waals surface area contributed by atoms with Crippen LogP contribution in [0.25, 0.3) is 0 Å². The lowest BCUT2D eigenvalue weighted by Gasteiger charge is -2.10. The van der Waals surface area contributed by atoms with Crippen LogP contribution in [0.3, 0.4) is 0 Å². The average Bonchev–Trinajstić information content (AvgIpc) is 2.96. The summed E-state index contributed by atoms with van der Waals surface area (Å²) in [5.74, 6) is 0. The molecule has 1 aliphatic rings. The number of nitrogens with one attached hydrogen (secondary N) is 3. The highest BCUT2D eigenvalue weighted by atomic mass is 35.5. The predicted molar refractivity (Wildman–Crippen MR) is 92.5 cm³/mol. The molecule has 0 unspecified atom stereocenters. The van der Waals surface area contributed by atoms with Crippen LogP contribution in [0, 0.1) is 0 Å². The SMILES string of the molecule is O=C(Nc1ccc(Cl)cc1)Nc1ccc(C[C@H]2COC(=O)N2)cc1. The van der Waals surface area contributed by atoms with Crippen molar-refractivity contribution in [3.63, 3.8) is 0 Å². The Kier molecular flexibility index (Phi) is 4.86. The van der Waals surface area contributed by atoms with Crippen LogP contribution in [0.5, 0.6) is 0 Å². The van der Waals surface area contributed by atoms with Crippen LogP contribution in [0.4, 0.5) is 21.0 Å². The standard InChI is InChI=1S/C17H16ClN3O3/c18-12-3-7-14(8-4-12)20-16(22)19-13-5-1-11(2-6-13)9-15-10-24-17(23)21-15/h1-8,15H,9-10H2,(H,21,23)(H2,19,20,22)/t15-/m0/s1. The van der Waals surface area contributed by atoms with Gasteiger partial charge < -0.3 is 20.7 Å². The van der Waals surface area contributed by atoms with Crippen molar-refractivity contribution >= 4 is 35.1 Å². The maximum absolute atomic E-state index is 11.9. The molecule has 2 aromatic rings. The van der Waals surface area contributed by atoms with Gasteiger partial charge in [-0.3, -0.25) is 0 Å². The fourth-order valence-electron chi connectivity index (χ4n) is 2.37. The van der Waals surface area contributed by atoms with Crippen LogP contribution in [0.2, 0.25) is 5.02 Å². The lowest BCUT2D eigenvalue weighted by Crippen LogP contribution is -2.28. The third-order valence-electron chi connectivity index (χ3n) is 3.53. The van der Waals surface area contributed by atoms with Crippen LogP contribution in [0.15, 0.2) is 48.5 Å². The van der Waals surface area contributed by atoms with E-state index < -0.39 is 0 Å². The number of amides is 3. The fourth-order valence-corrected chi connectivity index (χ4v) is 2.50. The number of halogens is 1. The van der Waals surface area contributed by atoms with Gasteiger partial charge in [0.2, 0.25) is 0 Å². The van der Waals surface area contributed by atoms with E-state index in [0.29, 0.717) is 29.4 Å². The molecule has 0 aromatic heterocycles. The van der Waals surface area contributed by atoms with Gasteiger partial charge in [0.25, 0.3) is 0 Å². The van der Waals surface area contributed by atoms with Crippen LogP contribution in [0.1, 0.15) is 5.56 Å². The van der Waals surface area contributed by atoms with E-state index >= 15 is 0 Å². The van der Waals surface area contributed by atoms with Gasteiger partial charge in [-0.2, -0.15) is 0 Å². The second-order valence-electron chi connectivity index (χ2n) is 5.43. The summed E-state index contributed by atoms with van der Waals surface area (Å²) in [5, 5.41) is 8.82. The van der Waals surface area contributed by atoms with E-state index in [1.54, 1.807) is 24.3 Å². The van der Waals surface area contributed by atoms with Crippen molar-refractivity contribution in [3.05, 3.63) is 59.1 Å². The predicted octanol–water partition coefficient (Wildman–Crippen LogP) is 3.63. The molecule has 0 spiro atoms. The summed E-state index contributed by atoms with van der Waals surface area (Å²) in [5.41, 5.74) is 2.39.